The summed E-state index contributed by atoms with van der Waals surface area (Å²) in [5.41, 5.74) is 4.35. The minimum absolute atomic E-state index is 0. The van der Waals surface area contributed by atoms with Gasteiger partial charge < -0.3 is 24.4 Å². The predicted molar refractivity (Wildman–Crippen MR) is 211 cm³/mol. The second-order valence-corrected chi connectivity index (χ2v) is 18.4. The van der Waals surface area contributed by atoms with E-state index in [4.69, 9.17) is 9.47 Å². The van der Waals surface area contributed by atoms with Crippen molar-refractivity contribution in [3.05, 3.63) is 161 Å². The number of aryl methyl sites for hydroxylation is 1. The Bertz CT molecular complexity index is 2600. The van der Waals surface area contributed by atoms with Gasteiger partial charge in [0, 0.05) is 10.8 Å². The van der Waals surface area contributed by atoms with E-state index in [0.29, 0.717) is 17.8 Å². The van der Waals surface area contributed by atoms with Gasteiger partial charge in [0.1, 0.15) is 38.9 Å². The molecule has 0 aliphatic heterocycles. The van der Waals surface area contributed by atoms with E-state index in [1.54, 1.807) is 36.4 Å². The molecule has 0 radical (unpaired) electrons. The molecule has 0 bridgehead atoms. The maximum atomic E-state index is 13.9. The molecular formula is C43H38Na2O11S3. The molecule has 0 aliphatic rings. The van der Waals surface area contributed by atoms with Gasteiger partial charge in [0.2, 0.25) is 9.84 Å². The third-order valence-electron chi connectivity index (χ3n) is 9.84. The van der Waals surface area contributed by atoms with Gasteiger partial charge in [-0.3, -0.25) is 5.04 Å². The van der Waals surface area contributed by atoms with Crippen LogP contribution >= 0.6 is 12.0 Å². The van der Waals surface area contributed by atoms with Crippen molar-refractivity contribution < 1.29 is 110 Å². The molecule has 0 aromatic heterocycles. The fraction of sp³-hybridized carbons (Fsp3) is 0.163. The minimum atomic E-state index is -5.23. The number of phenols is 1. The Morgan fingerprint density at radius 1 is 0.576 bits per heavy atom. The summed E-state index contributed by atoms with van der Waals surface area (Å²) < 4.78 is 81.5. The smallest absolute Gasteiger partial charge is 0.744 e. The van der Waals surface area contributed by atoms with E-state index < -0.39 is 35.2 Å². The van der Waals surface area contributed by atoms with Gasteiger partial charge in [0.05, 0.1) is 31.6 Å². The Balaban J connectivity index is 0.00000384. The van der Waals surface area contributed by atoms with Gasteiger partial charge in [-0.15, -0.1) is 0 Å². The van der Waals surface area contributed by atoms with Crippen molar-refractivity contribution >= 4 is 32.0 Å². The largest absolute Gasteiger partial charge is 1.00 e. The van der Waals surface area contributed by atoms with Crippen molar-refractivity contribution in [3.63, 3.8) is 0 Å². The van der Waals surface area contributed by atoms with Crippen LogP contribution in [0.25, 0.3) is 0 Å². The Morgan fingerprint density at radius 2 is 0.983 bits per heavy atom. The molecule has 0 spiro atoms. The molecule has 0 heterocycles. The predicted octanol–water partition coefficient (Wildman–Crippen LogP) is 2.91. The first-order valence-corrected chi connectivity index (χ1v) is 21.1. The molecule has 59 heavy (non-hydrogen) atoms. The SMILES string of the molecule is Cc1ccc(C(C)(C)c2ccc(Oc3ccc(S(=O)(=O)c4ccc(Oc5ccc(C(C)(C)c6ccc(O)cc6)cc5)c(SOO[O-])c4)cc3S(=O)(=O)[O-])cc2)cc1.[Na+].[Na+]. The molecule has 16 heteroatoms. The average molecular weight is 873 g/mol. The molecule has 0 aliphatic carbocycles. The molecule has 0 saturated carbocycles. The maximum absolute atomic E-state index is 13.9. The summed E-state index contributed by atoms with van der Waals surface area (Å²) in [6.45, 7) is 10.2. The molecule has 11 nitrogen and oxygen atoms in total. The number of rotatable bonds is 14. The quantitative estimate of drug-likeness (QED) is 0.0559. The molecule has 6 rings (SSSR count). The topological polar surface area (TPSA) is 172 Å². The van der Waals surface area contributed by atoms with Crippen LogP contribution in [0.15, 0.2) is 153 Å². The molecule has 0 unspecified atom stereocenters. The first-order chi connectivity index (χ1) is 26.9. The Hall–Kier alpha value is -3.19. The number of ether oxygens (including phenoxy) is 2. The van der Waals surface area contributed by atoms with Crippen LogP contribution in [0.3, 0.4) is 0 Å². The first-order valence-electron chi connectivity index (χ1n) is 17.5. The van der Waals surface area contributed by atoms with Crippen molar-refractivity contribution in [1.29, 1.82) is 0 Å². The Morgan fingerprint density at radius 3 is 1.44 bits per heavy atom. The van der Waals surface area contributed by atoms with Crippen molar-refractivity contribution in [1.82, 2.24) is 0 Å². The minimum Gasteiger partial charge on any atom is -0.744 e. The van der Waals surface area contributed by atoms with Crippen LogP contribution in [0.1, 0.15) is 55.5 Å². The van der Waals surface area contributed by atoms with Crippen molar-refractivity contribution in [3.8, 4) is 28.7 Å². The van der Waals surface area contributed by atoms with Gasteiger partial charge in [-0.05, 0) is 102 Å². The monoisotopic (exact) mass is 872 g/mol. The number of hydrogen-bond donors (Lipinski definition) is 1. The fourth-order valence-electron chi connectivity index (χ4n) is 6.24. The number of sulfone groups is 1. The van der Waals surface area contributed by atoms with Crippen molar-refractivity contribution in [2.45, 2.75) is 65.0 Å². The van der Waals surface area contributed by atoms with E-state index in [9.17, 15) is 31.8 Å². The Kier molecular flexibility index (Phi) is 16.2. The second-order valence-electron chi connectivity index (χ2n) is 14.3. The number of hydrogen-bond acceptors (Lipinski definition) is 12. The van der Waals surface area contributed by atoms with Crippen LogP contribution in [0.5, 0.6) is 28.7 Å². The molecular weight excluding hydrogens is 835 g/mol. The zero-order chi connectivity index (χ0) is 41.2. The first kappa shape index (κ1) is 48.5. The van der Waals surface area contributed by atoms with Gasteiger partial charge >= 0.3 is 59.1 Å². The zero-order valence-electron chi connectivity index (χ0n) is 33.5. The van der Waals surface area contributed by atoms with E-state index >= 15 is 0 Å². The molecule has 0 fully saturated rings. The molecule has 6 aromatic carbocycles. The summed E-state index contributed by atoms with van der Waals surface area (Å²) in [6, 6.07) is 35.9. The van der Waals surface area contributed by atoms with Crippen LogP contribution in [0.2, 0.25) is 0 Å². The zero-order valence-corrected chi connectivity index (χ0v) is 39.9. The summed E-state index contributed by atoms with van der Waals surface area (Å²) in [7, 11) is -9.69. The standard InChI is InChI=1S/C43H40O11S3.2Na/c1-28-6-8-29(9-7-28)42(2,3)31-14-20-35(21-15-31)52-39-25-23-37(27-41(39)57(48,49)50)56(46,47)36-22-24-38(40(26-36)55-54-53-45)51-34-18-12-32(13-19-34)43(4,5)30-10-16-33(44)17-11-30;;/h6-27,44-45H,1-5H3,(H,48,49,50);;/q;2*+1/p-2. The van der Waals surface area contributed by atoms with Crippen LogP contribution in [0, 0.1) is 6.92 Å². The van der Waals surface area contributed by atoms with E-state index in [1.165, 1.54) is 12.1 Å². The summed E-state index contributed by atoms with van der Waals surface area (Å²) in [5.74, 6) is 0.532. The molecule has 0 atom stereocenters. The van der Waals surface area contributed by atoms with Crippen LogP contribution in [-0.2, 0) is 40.2 Å². The summed E-state index contributed by atoms with van der Waals surface area (Å²) >= 11 is 0.400. The Labute approximate surface area is 393 Å². The number of phenolic OH excluding ortho intramolecular Hbond substituents is 1. The van der Waals surface area contributed by atoms with Crippen molar-refractivity contribution in [2.75, 3.05) is 0 Å². The third-order valence-corrected chi connectivity index (χ3v) is 13.1. The molecule has 6 aromatic rings. The van der Waals surface area contributed by atoms with Gasteiger partial charge in [0.25, 0.3) is 0 Å². The van der Waals surface area contributed by atoms with Crippen LogP contribution < -0.4 is 73.8 Å². The van der Waals surface area contributed by atoms with Gasteiger partial charge in [-0.25, -0.2) is 16.8 Å². The summed E-state index contributed by atoms with van der Waals surface area (Å²) in [4.78, 5) is -1.67. The van der Waals surface area contributed by atoms with Crippen molar-refractivity contribution in [2.24, 2.45) is 0 Å². The van der Waals surface area contributed by atoms with E-state index in [1.807, 2.05) is 69.3 Å². The fourth-order valence-corrected chi connectivity index (χ4v) is 8.80. The normalized spacial score (nSPS) is 11.9. The molecule has 0 saturated heterocycles. The maximum Gasteiger partial charge on any atom is 1.00 e. The summed E-state index contributed by atoms with van der Waals surface area (Å²) in [6.07, 6.45) is 0. The van der Waals surface area contributed by atoms with Gasteiger partial charge in [0.15, 0.2) is 0 Å². The van der Waals surface area contributed by atoms with Crippen LogP contribution in [0.4, 0.5) is 0 Å². The molecule has 0 amide bonds. The molecule has 1 N–H and O–H groups in total. The number of aromatic hydroxyl groups is 1. The molecule has 296 valence electrons. The average Bonchev–Trinajstić information content (AvgIpc) is 3.18. The van der Waals surface area contributed by atoms with Gasteiger partial charge in [-0.1, -0.05) is 93.9 Å². The van der Waals surface area contributed by atoms with E-state index in [-0.39, 0.29) is 97.3 Å². The van der Waals surface area contributed by atoms with Crippen LogP contribution in [-0.4, -0.2) is 26.5 Å². The van der Waals surface area contributed by atoms with E-state index in [2.05, 4.69) is 35.4 Å². The van der Waals surface area contributed by atoms with E-state index in [0.717, 1.165) is 52.1 Å². The van der Waals surface area contributed by atoms with Gasteiger partial charge in [-0.2, -0.15) is 4.33 Å². The number of benzene rings is 6. The summed E-state index contributed by atoms with van der Waals surface area (Å²) in [5, 5.41) is 23.9. The third kappa shape index (κ3) is 11.2. The second kappa shape index (κ2) is 19.7.